The van der Waals surface area contributed by atoms with Crippen LogP contribution in [0.1, 0.15) is 19.3 Å². The van der Waals surface area contributed by atoms with Gasteiger partial charge in [-0.3, -0.25) is 5.21 Å². The maximum Gasteiger partial charge on any atom is 0.0285 e. The fourth-order valence-corrected chi connectivity index (χ4v) is 0.802. The minimum absolute atomic E-state index is 0.532. The highest BCUT2D eigenvalue weighted by Crippen LogP contribution is 2.17. The van der Waals surface area contributed by atoms with E-state index in [1.165, 1.54) is 19.3 Å². The van der Waals surface area contributed by atoms with Gasteiger partial charge in [-0.25, -0.2) is 5.43 Å². The molecule has 0 atom stereocenters. The van der Waals surface area contributed by atoms with Crippen molar-refractivity contribution in [3.05, 3.63) is 0 Å². The van der Waals surface area contributed by atoms with Crippen LogP contribution in [0.15, 0.2) is 0 Å². The zero-order chi connectivity index (χ0) is 5.98. The Bertz CT molecular complexity index is 70.8. The Kier molecular flexibility index (Phi) is 1.83. The van der Waals surface area contributed by atoms with Gasteiger partial charge in [-0.2, -0.15) is 0 Å². The van der Waals surface area contributed by atoms with E-state index in [9.17, 15) is 0 Å². The number of hydrogen-bond acceptors (Lipinski definition) is 3. The van der Waals surface area contributed by atoms with Gasteiger partial charge in [-0.1, -0.05) is 6.42 Å². The molecule has 0 amide bonds. The van der Waals surface area contributed by atoms with E-state index in [4.69, 9.17) is 5.21 Å². The fraction of sp³-hybridized carbons (Fsp3) is 1.00. The van der Waals surface area contributed by atoms with Crippen molar-refractivity contribution in [1.29, 1.82) is 0 Å². The highest BCUT2D eigenvalue weighted by molar-refractivity contribution is 4.73. The molecule has 3 heteroatoms. The average molecular weight is 116 g/mol. The Morgan fingerprint density at radius 3 is 2.38 bits per heavy atom. The van der Waals surface area contributed by atoms with Crippen LogP contribution in [0.4, 0.5) is 0 Å². The monoisotopic (exact) mass is 116 g/mol. The van der Waals surface area contributed by atoms with Crippen LogP contribution in [0.25, 0.3) is 0 Å². The van der Waals surface area contributed by atoms with E-state index in [1.54, 1.807) is 7.05 Å². The molecule has 0 bridgehead atoms. The highest BCUT2D eigenvalue weighted by atomic mass is 16.5. The van der Waals surface area contributed by atoms with E-state index in [1.807, 2.05) is 0 Å². The molecule has 2 N–H and O–H groups in total. The van der Waals surface area contributed by atoms with Crippen molar-refractivity contribution < 1.29 is 5.21 Å². The van der Waals surface area contributed by atoms with Gasteiger partial charge >= 0.3 is 0 Å². The Morgan fingerprint density at radius 1 is 1.62 bits per heavy atom. The van der Waals surface area contributed by atoms with Crippen LogP contribution in [0.2, 0.25) is 0 Å². The first-order valence-electron chi connectivity index (χ1n) is 2.98. The Hall–Kier alpha value is -0.120. The van der Waals surface area contributed by atoms with Gasteiger partial charge < -0.3 is 0 Å². The molecule has 48 valence electrons. The van der Waals surface area contributed by atoms with Gasteiger partial charge in [0.2, 0.25) is 0 Å². The molecule has 1 aliphatic carbocycles. The van der Waals surface area contributed by atoms with Crippen molar-refractivity contribution in [2.24, 2.45) is 0 Å². The lowest BCUT2D eigenvalue weighted by molar-refractivity contribution is -0.129. The van der Waals surface area contributed by atoms with Crippen LogP contribution >= 0.6 is 0 Å². The number of nitrogens with zero attached hydrogens (tertiary/aromatic N) is 1. The van der Waals surface area contributed by atoms with Gasteiger partial charge in [0, 0.05) is 13.1 Å². The minimum Gasteiger partial charge on any atom is -0.299 e. The van der Waals surface area contributed by atoms with Crippen molar-refractivity contribution in [1.82, 2.24) is 10.6 Å². The molecular weight excluding hydrogens is 104 g/mol. The molecule has 1 saturated carbocycles. The number of hydrogen-bond donors (Lipinski definition) is 2. The molecule has 1 fully saturated rings. The summed E-state index contributed by atoms with van der Waals surface area (Å²) in [5.74, 6) is 0. The molecule has 1 rings (SSSR count). The summed E-state index contributed by atoms with van der Waals surface area (Å²) < 4.78 is 0. The molecule has 0 heterocycles. The molecule has 0 unspecified atom stereocenters. The third-order valence-corrected chi connectivity index (χ3v) is 1.47. The van der Waals surface area contributed by atoms with Crippen LogP contribution in [-0.4, -0.2) is 23.5 Å². The summed E-state index contributed by atoms with van der Waals surface area (Å²) in [7, 11) is 1.60. The maximum atomic E-state index is 8.61. The smallest absolute Gasteiger partial charge is 0.0285 e. The van der Waals surface area contributed by atoms with E-state index in [-0.39, 0.29) is 0 Å². The average Bonchev–Trinajstić information content (AvgIpc) is 1.55. The predicted octanol–water partition coefficient (Wildman–Crippen LogP) is 0.364. The lowest BCUT2D eigenvalue weighted by atomic mass is 9.94. The fourth-order valence-electron chi connectivity index (χ4n) is 0.802. The molecule has 1 aliphatic rings. The lowest BCUT2D eigenvalue weighted by Crippen LogP contribution is -2.43. The summed E-state index contributed by atoms with van der Waals surface area (Å²) in [6.45, 7) is 0. The van der Waals surface area contributed by atoms with Gasteiger partial charge in [0.25, 0.3) is 0 Å². The molecule has 0 saturated heterocycles. The zero-order valence-corrected chi connectivity index (χ0v) is 5.09. The third kappa shape index (κ3) is 1.43. The van der Waals surface area contributed by atoms with Crippen LogP contribution in [0.5, 0.6) is 0 Å². The highest BCUT2D eigenvalue weighted by Gasteiger charge is 2.17. The first-order valence-corrected chi connectivity index (χ1v) is 2.98. The summed E-state index contributed by atoms with van der Waals surface area (Å²) in [6, 6.07) is 0.532. The number of nitrogens with one attached hydrogen (secondary N) is 1. The van der Waals surface area contributed by atoms with E-state index in [0.29, 0.717) is 6.04 Å². The van der Waals surface area contributed by atoms with E-state index < -0.39 is 0 Å². The number of hydrazine groups is 1. The predicted molar refractivity (Wildman–Crippen MR) is 30.3 cm³/mol. The Balaban J connectivity index is 2.01. The molecule has 0 spiro atoms. The molecule has 3 nitrogen and oxygen atoms in total. The number of hydroxylamine groups is 1. The largest absolute Gasteiger partial charge is 0.299 e. The molecule has 0 aliphatic heterocycles. The van der Waals surface area contributed by atoms with Crippen LogP contribution in [0, 0.1) is 0 Å². The van der Waals surface area contributed by atoms with E-state index >= 15 is 0 Å². The van der Waals surface area contributed by atoms with Crippen LogP contribution in [-0.2, 0) is 0 Å². The zero-order valence-electron chi connectivity index (χ0n) is 5.09. The normalized spacial score (nSPS) is 21.4. The molecule has 0 aromatic rings. The summed E-state index contributed by atoms with van der Waals surface area (Å²) in [5, 5.41) is 9.64. The summed E-state index contributed by atoms with van der Waals surface area (Å²) in [4.78, 5) is 0. The van der Waals surface area contributed by atoms with Crippen LogP contribution < -0.4 is 5.43 Å². The molecule has 0 radical (unpaired) electrons. The summed E-state index contributed by atoms with van der Waals surface area (Å²) >= 11 is 0. The van der Waals surface area contributed by atoms with E-state index in [2.05, 4.69) is 5.43 Å². The van der Waals surface area contributed by atoms with Crippen molar-refractivity contribution in [2.75, 3.05) is 7.05 Å². The third-order valence-electron chi connectivity index (χ3n) is 1.47. The molecule has 0 aromatic heterocycles. The standard InChI is InChI=1S/C5H12N2O/c1-7(8)6-5-3-2-4-5/h5-6,8H,2-4H2,1H3. The van der Waals surface area contributed by atoms with Crippen molar-refractivity contribution in [2.45, 2.75) is 25.3 Å². The first-order chi connectivity index (χ1) is 3.79. The van der Waals surface area contributed by atoms with Gasteiger partial charge in [-0.05, 0) is 12.8 Å². The second-order valence-electron chi connectivity index (χ2n) is 2.28. The van der Waals surface area contributed by atoms with Gasteiger partial charge in [0.15, 0.2) is 0 Å². The van der Waals surface area contributed by atoms with Gasteiger partial charge in [0.1, 0.15) is 0 Å². The van der Waals surface area contributed by atoms with Crippen molar-refractivity contribution >= 4 is 0 Å². The Morgan fingerprint density at radius 2 is 2.25 bits per heavy atom. The number of rotatable bonds is 2. The molecule has 8 heavy (non-hydrogen) atoms. The molecule has 0 aromatic carbocycles. The quantitative estimate of drug-likeness (QED) is 0.511. The summed E-state index contributed by atoms with van der Waals surface area (Å²) in [5.41, 5.74) is 2.87. The summed E-state index contributed by atoms with van der Waals surface area (Å²) in [6.07, 6.45) is 3.70. The van der Waals surface area contributed by atoms with Gasteiger partial charge in [-0.15, -0.1) is 5.17 Å². The molecular formula is C5H12N2O. The lowest BCUT2D eigenvalue weighted by Gasteiger charge is -2.28. The van der Waals surface area contributed by atoms with E-state index in [0.717, 1.165) is 5.17 Å². The maximum absolute atomic E-state index is 8.61. The second kappa shape index (κ2) is 2.44. The Labute approximate surface area is 49.2 Å². The topological polar surface area (TPSA) is 35.5 Å². The van der Waals surface area contributed by atoms with Gasteiger partial charge in [0.05, 0.1) is 0 Å². The second-order valence-corrected chi connectivity index (χ2v) is 2.28. The minimum atomic E-state index is 0.532. The first kappa shape index (κ1) is 6.01. The van der Waals surface area contributed by atoms with Crippen molar-refractivity contribution in [3.63, 3.8) is 0 Å². The van der Waals surface area contributed by atoms with Crippen LogP contribution in [0.3, 0.4) is 0 Å². The van der Waals surface area contributed by atoms with Crippen molar-refractivity contribution in [3.8, 4) is 0 Å². The SMILES string of the molecule is CN(O)NC1CCC1.